The Bertz CT molecular complexity index is 351. The summed E-state index contributed by atoms with van der Waals surface area (Å²) in [5.41, 5.74) is 1.21. The highest BCUT2D eigenvalue weighted by molar-refractivity contribution is 8.06. The highest BCUT2D eigenvalue weighted by atomic mass is 32.2. The van der Waals surface area contributed by atoms with Gasteiger partial charge in [-0.25, -0.2) is 4.98 Å². The van der Waals surface area contributed by atoms with Crippen molar-refractivity contribution in [2.24, 2.45) is 0 Å². The number of thioether (sulfide) groups is 2. The van der Waals surface area contributed by atoms with E-state index in [0.29, 0.717) is 10.5 Å². The molecule has 2 unspecified atom stereocenters. The molecule has 90 valence electrons. The van der Waals surface area contributed by atoms with Gasteiger partial charge in [0.25, 0.3) is 0 Å². The maximum atomic E-state index is 4.75. The molecule has 0 bridgehead atoms. The molecule has 2 nitrogen and oxygen atoms in total. The molecule has 1 aromatic heterocycles. The molecule has 0 spiro atoms. The van der Waals surface area contributed by atoms with E-state index >= 15 is 0 Å². The van der Waals surface area contributed by atoms with Crippen LogP contribution >= 0.6 is 34.9 Å². The number of hydrogen-bond acceptors (Lipinski definition) is 5. The van der Waals surface area contributed by atoms with Crippen molar-refractivity contribution in [2.45, 2.75) is 30.9 Å². The first-order valence-electron chi connectivity index (χ1n) is 5.56. The van der Waals surface area contributed by atoms with Crippen LogP contribution in [0.2, 0.25) is 0 Å². The molecule has 0 aromatic carbocycles. The first-order chi connectivity index (χ1) is 7.72. The van der Waals surface area contributed by atoms with Crippen molar-refractivity contribution in [1.82, 2.24) is 10.3 Å². The minimum atomic E-state index is 0.605. The molecule has 0 aliphatic carbocycles. The lowest BCUT2D eigenvalue weighted by atomic mass is 10.3. The van der Waals surface area contributed by atoms with Gasteiger partial charge >= 0.3 is 0 Å². The van der Waals surface area contributed by atoms with E-state index in [2.05, 4.69) is 42.7 Å². The zero-order chi connectivity index (χ0) is 11.5. The summed E-state index contributed by atoms with van der Waals surface area (Å²) in [6.07, 6.45) is 0. The quantitative estimate of drug-likeness (QED) is 0.915. The fourth-order valence-electron chi connectivity index (χ4n) is 1.80. The molecule has 16 heavy (non-hydrogen) atoms. The SMILES string of the molecule is CNCc1sc(C2SCCSC2C)nc1C. The van der Waals surface area contributed by atoms with E-state index in [1.807, 2.05) is 18.4 Å². The van der Waals surface area contributed by atoms with Gasteiger partial charge in [0.1, 0.15) is 5.01 Å². The minimum absolute atomic E-state index is 0.605. The van der Waals surface area contributed by atoms with Crippen LogP contribution in [0.25, 0.3) is 0 Å². The molecule has 0 radical (unpaired) electrons. The van der Waals surface area contributed by atoms with Crippen molar-refractivity contribution in [3.05, 3.63) is 15.6 Å². The summed E-state index contributed by atoms with van der Waals surface area (Å²) < 4.78 is 0. The van der Waals surface area contributed by atoms with Crippen molar-refractivity contribution in [3.8, 4) is 0 Å². The van der Waals surface area contributed by atoms with Crippen LogP contribution in [-0.2, 0) is 6.54 Å². The molecule has 1 aliphatic heterocycles. The van der Waals surface area contributed by atoms with Crippen molar-refractivity contribution in [1.29, 1.82) is 0 Å². The molecule has 1 fully saturated rings. The third-order valence-electron chi connectivity index (χ3n) is 2.68. The van der Waals surface area contributed by atoms with Crippen LogP contribution in [0.4, 0.5) is 0 Å². The van der Waals surface area contributed by atoms with Gasteiger partial charge < -0.3 is 5.32 Å². The first kappa shape index (κ1) is 12.7. The molecule has 1 saturated heterocycles. The van der Waals surface area contributed by atoms with Crippen LogP contribution in [0.15, 0.2) is 0 Å². The Morgan fingerprint density at radius 1 is 1.38 bits per heavy atom. The average molecular weight is 274 g/mol. The van der Waals surface area contributed by atoms with Gasteiger partial charge in [-0.3, -0.25) is 0 Å². The molecular formula is C11H18N2S3. The Morgan fingerprint density at radius 3 is 2.81 bits per heavy atom. The Labute approximate surface area is 110 Å². The Hall–Kier alpha value is 0.290. The fraction of sp³-hybridized carbons (Fsp3) is 0.727. The van der Waals surface area contributed by atoms with Gasteiger partial charge in [0, 0.05) is 28.2 Å². The number of nitrogens with zero attached hydrogens (tertiary/aromatic N) is 1. The van der Waals surface area contributed by atoms with Crippen LogP contribution in [0.5, 0.6) is 0 Å². The Balaban J connectivity index is 2.16. The van der Waals surface area contributed by atoms with Gasteiger partial charge in [0.2, 0.25) is 0 Å². The molecule has 1 N–H and O–H groups in total. The largest absolute Gasteiger partial charge is 0.315 e. The maximum Gasteiger partial charge on any atom is 0.107 e. The lowest BCUT2D eigenvalue weighted by Gasteiger charge is -2.25. The molecule has 2 atom stereocenters. The van der Waals surface area contributed by atoms with Gasteiger partial charge in [0.15, 0.2) is 0 Å². The molecular weight excluding hydrogens is 256 g/mol. The third kappa shape index (κ3) is 2.75. The van der Waals surface area contributed by atoms with Crippen molar-refractivity contribution in [2.75, 3.05) is 18.6 Å². The van der Waals surface area contributed by atoms with Crippen molar-refractivity contribution in [3.63, 3.8) is 0 Å². The zero-order valence-corrected chi connectivity index (χ0v) is 12.4. The van der Waals surface area contributed by atoms with Crippen LogP contribution in [0, 0.1) is 6.92 Å². The number of hydrogen-bond donors (Lipinski definition) is 1. The minimum Gasteiger partial charge on any atom is -0.315 e. The van der Waals surface area contributed by atoms with Crippen LogP contribution in [0.3, 0.4) is 0 Å². The van der Waals surface area contributed by atoms with E-state index in [9.17, 15) is 0 Å². The molecule has 0 amide bonds. The summed E-state index contributed by atoms with van der Waals surface area (Å²) in [7, 11) is 1.99. The maximum absolute atomic E-state index is 4.75. The number of rotatable bonds is 3. The smallest absolute Gasteiger partial charge is 0.107 e. The number of nitrogens with one attached hydrogen (secondary N) is 1. The summed E-state index contributed by atoms with van der Waals surface area (Å²) >= 11 is 6.04. The van der Waals surface area contributed by atoms with Crippen LogP contribution < -0.4 is 5.32 Å². The number of aryl methyl sites for hydroxylation is 1. The van der Waals surface area contributed by atoms with Crippen molar-refractivity contribution >= 4 is 34.9 Å². The van der Waals surface area contributed by atoms with Gasteiger partial charge in [-0.1, -0.05) is 6.92 Å². The Kier molecular flexibility index (Phi) is 4.58. The van der Waals surface area contributed by atoms with Gasteiger partial charge in [-0.05, 0) is 14.0 Å². The molecule has 5 heteroatoms. The van der Waals surface area contributed by atoms with E-state index in [1.165, 1.54) is 27.1 Å². The third-order valence-corrected chi connectivity index (χ3v) is 7.17. The average Bonchev–Trinajstić information content (AvgIpc) is 2.61. The van der Waals surface area contributed by atoms with Gasteiger partial charge in [-0.2, -0.15) is 11.8 Å². The standard InChI is InChI=1S/C11H18N2S3/c1-7-9(6-12-3)16-11(13-7)10-8(2)14-4-5-15-10/h8,10,12H,4-6H2,1-3H3. The van der Waals surface area contributed by atoms with E-state index in [1.54, 1.807) is 0 Å². The summed E-state index contributed by atoms with van der Waals surface area (Å²) in [4.78, 5) is 6.14. The second-order valence-electron chi connectivity index (χ2n) is 3.96. The van der Waals surface area contributed by atoms with Gasteiger partial charge in [0.05, 0.1) is 10.9 Å². The van der Waals surface area contributed by atoms with E-state index < -0.39 is 0 Å². The second kappa shape index (κ2) is 5.76. The highest BCUT2D eigenvalue weighted by Gasteiger charge is 2.27. The van der Waals surface area contributed by atoms with E-state index in [0.717, 1.165) is 6.54 Å². The monoisotopic (exact) mass is 274 g/mol. The summed E-state index contributed by atoms with van der Waals surface area (Å²) in [5.74, 6) is 2.55. The van der Waals surface area contributed by atoms with Crippen molar-refractivity contribution < 1.29 is 0 Å². The van der Waals surface area contributed by atoms with Crippen LogP contribution in [-0.4, -0.2) is 28.8 Å². The second-order valence-corrected chi connectivity index (χ2v) is 7.81. The predicted molar refractivity (Wildman–Crippen MR) is 76.7 cm³/mol. The molecule has 2 rings (SSSR count). The lowest BCUT2D eigenvalue weighted by molar-refractivity contribution is 0.821. The topological polar surface area (TPSA) is 24.9 Å². The highest BCUT2D eigenvalue weighted by Crippen LogP contribution is 2.44. The van der Waals surface area contributed by atoms with E-state index in [-0.39, 0.29) is 0 Å². The Morgan fingerprint density at radius 2 is 2.12 bits per heavy atom. The fourth-order valence-corrected chi connectivity index (χ4v) is 6.04. The summed E-state index contributed by atoms with van der Waals surface area (Å²) in [5, 5.41) is 5.84. The van der Waals surface area contributed by atoms with Gasteiger partial charge in [-0.15, -0.1) is 23.1 Å². The van der Waals surface area contributed by atoms with Crippen LogP contribution in [0.1, 0.15) is 27.8 Å². The lowest BCUT2D eigenvalue weighted by Crippen LogP contribution is -2.15. The molecule has 1 aromatic rings. The zero-order valence-electron chi connectivity index (χ0n) is 9.95. The molecule has 1 aliphatic rings. The van der Waals surface area contributed by atoms with E-state index in [4.69, 9.17) is 4.98 Å². The normalized spacial score (nSPS) is 25.9. The summed E-state index contributed by atoms with van der Waals surface area (Å²) in [6, 6.07) is 0. The molecule has 2 heterocycles. The molecule has 0 saturated carbocycles. The number of aromatic nitrogens is 1. The number of thiazole rings is 1. The first-order valence-corrected chi connectivity index (χ1v) is 8.47. The summed E-state index contributed by atoms with van der Waals surface area (Å²) in [6.45, 7) is 5.40. The predicted octanol–water partition coefficient (Wildman–Crippen LogP) is 3.08.